The Balaban J connectivity index is 2.57. The molecule has 0 aromatic carbocycles. The second-order valence-electron chi connectivity index (χ2n) is 3.93. The van der Waals surface area contributed by atoms with E-state index in [1.807, 2.05) is 0 Å². The van der Waals surface area contributed by atoms with Crippen LogP contribution in [0.25, 0.3) is 0 Å². The number of alkyl halides is 3. The first kappa shape index (κ1) is 14.9. The molecule has 0 bridgehead atoms. The van der Waals surface area contributed by atoms with Gasteiger partial charge in [0.05, 0.1) is 17.3 Å². The van der Waals surface area contributed by atoms with E-state index in [4.69, 9.17) is 5.84 Å². The lowest BCUT2D eigenvalue weighted by Gasteiger charge is -2.20. The summed E-state index contributed by atoms with van der Waals surface area (Å²) in [6.07, 6.45) is -0.787. The monoisotopic (exact) mass is 346 g/mol. The third-order valence-corrected chi connectivity index (χ3v) is 3.37. The van der Waals surface area contributed by atoms with Crippen molar-refractivity contribution in [2.45, 2.75) is 12.2 Å². The molecule has 0 amide bonds. The van der Waals surface area contributed by atoms with Crippen LogP contribution in [-0.2, 0) is 6.18 Å². The highest BCUT2D eigenvalue weighted by Gasteiger charge is 2.36. The topological polar surface area (TPSA) is 63.8 Å². The van der Waals surface area contributed by atoms with Gasteiger partial charge in [-0.3, -0.25) is 15.8 Å². The van der Waals surface area contributed by atoms with E-state index in [0.717, 1.165) is 18.5 Å². The van der Waals surface area contributed by atoms with Gasteiger partial charge in [-0.05, 0) is 34.1 Å². The number of nitrogens with zero attached hydrogens (tertiary/aromatic N) is 2. The number of hydrogen-bond acceptors (Lipinski definition) is 4. The lowest BCUT2D eigenvalue weighted by Crippen LogP contribution is -2.31. The lowest BCUT2D eigenvalue weighted by molar-refractivity contribution is -0.138. The number of hydrogen-bond donors (Lipinski definition) is 2. The molecule has 1 atom stereocenters. The molecule has 0 fully saturated rings. The van der Waals surface area contributed by atoms with Crippen molar-refractivity contribution in [3.63, 3.8) is 0 Å². The summed E-state index contributed by atoms with van der Waals surface area (Å²) in [5.74, 6) is 5.41. The molecule has 1 unspecified atom stereocenters. The third kappa shape index (κ3) is 2.97. The van der Waals surface area contributed by atoms with Gasteiger partial charge in [-0.1, -0.05) is 0 Å². The SMILES string of the molecule is NNC(c1cnccc1C(F)(F)F)c1ncccc1Br. The number of rotatable bonds is 3. The molecule has 0 aliphatic carbocycles. The smallest absolute Gasteiger partial charge is 0.271 e. The van der Waals surface area contributed by atoms with Gasteiger partial charge in [0, 0.05) is 28.6 Å². The predicted octanol–water partition coefficient (Wildman–Crippen LogP) is 2.81. The Labute approximate surface area is 121 Å². The first-order valence-corrected chi connectivity index (χ1v) is 6.32. The maximum Gasteiger partial charge on any atom is 0.416 e. The van der Waals surface area contributed by atoms with Crippen LogP contribution in [0, 0.1) is 0 Å². The zero-order chi connectivity index (χ0) is 14.8. The Bertz CT molecular complexity index is 603. The molecule has 8 heteroatoms. The van der Waals surface area contributed by atoms with E-state index >= 15 is 0 Å². The average molecular weight is 347 g/mol. The van der Waals surface area contributed by atoms with Crippen molar-refractivity contribution in [2.24, 2.45) is 5.84 Å². The summed E-state index contributed by atoms with van der Waals surface area (Å²) in [6, 6.07) is 3.33. The van der Waals surface area contributed by atoms with Crippen LogP contribution < -0.4 is 11.3 Å². The molecule has 2 aromatic heterocycles. The number of nitrogens with one attached hydrogen (secondary N) is 1. The molecule has 0 aliphatic heterocycles. The first-order chi connectivity index (χ1) is 9.45. The van der Waals surface area contributed by atoms with Gasteiger partial charge in [0.15, 0.2) is 0 Å². The zero-order valence-electron chi connectivity index (χ0n) is 10.0. The van der Waals surface area contributed by atoms with Crippen molar-refractivity contribution in [2.75, 3.05) is 0 Å². The number of pyridine rings is 2. The van der Waals surface area contributed by atoms with Gasteiger partial charge in [-0.2, -0.15) is 13.2 Å². The van der Waals surface area contributed by atoms with Crippen LogP contribution in [0.15, 0.2) is 41.3 Å². The summed E-state index contributed by atoms with van der Waals surface area (Å²) in [5, 5.41) is 0. The summed E-state index contributed by atoms with van der Waals surface area (Å²) in [6.45, 7) is 0. The van der Waals surface area contributed by atoms with E-state index in [1.165, 1.54) is 6.20 Å². The van der Waals surface area contributed by atoms with Crippen LogP contribution in [0.3, 0.4) is 0 Å². The zero-order valence-corrected chi connectivity index (χ0v) is 11.6. The summed E-state index contributed by atoms with van der Waals surface area (Å²) >= 11 is 3.25. The standard InChI is InChI=1S/C12H10BrF3N4/c13-9-2-1-4-19-11(9)10(20-17)7-6-18-5-3-8(7)12(14,15)16/h1-6,10,20H,17H2. The molecule has 20 heavy (non-hydrogen) atoms. The molecule has 0 aliphatic rings. The number of hydrazine groups is 1. The van der Waals surface area contributed by atoms with Crippen LogP contribution in [0.2, 0.25) is 0 Å². The molecule has 0 saturated heterocycles. The van der Waals surface area contributed by atoms with Gasteiger partial charge in [0.2, 0.25) is 0 Å². The van der Waals surface area contributed by atoms with E-state index in [-0.39, 0.29) is 5.56 Å². The van der Waals surface area contributed by atoms with Gasteiger partial charge in [0.25, 0.3) is 0 Å². The Morgan fingerprint density at radius 2 is 2.00 bits per heavy atom. The quantitative estimate of drug-likeness (QED) is 0.662. The molecule has 3 N–H and O–H groups in total. The maximum absolute atomic E-state index is 13.0. The fourth-order valence-electron chi connectivity index (χ4n) is 1.82. The molecule has 2 aromatic rings. The van der Waals surface area contributed by atoms with Crippen LogP contribution >= 0.6 is 15.9 Å². The number of halogens is 4. The van der Waals surface area contributed by atoms with Gasteiger partial charge in [0.1, 0.15) is 0 Å². The number of nitrogens with two attached hydrogens (primary N) is 1. The van der Waals surface area contributed by atoms with Crippen molar-refractivity contribution >= 4 is 15.9 Å². The van der Waals surface area contributed by atoms with Crippen molar-refractivity contribution in [3.8, 4) is 0 Å². The van der Waals surface area contributed by atoms with Gasteiger partial charge >= 0.3 is 6.18 Å². The maximum atomic E-state index is 13.0. The second-order valence-corrected chi connectivity index (χ2v) is 4.79. The Kier molecular flexibility index (Phi) is 4.36. The van der Waals surface area contributed by atoms with E-state index < -0.39 is 17.8 Å². The van der Waals surface area contributed by atoms with E-state index in [1.54, 1.807) is 12.1 Å². The highest BCUT2D eigenvalue weighted by atomic mass is 79.9. The van der Waals surface area contributed by atoms with Gasteiger partial charge in [-0.15, -0.1) is 0 Å². The fraction of sp³-hybridized carbons (Fsp3) is 0.167. The van der Waals surface area contributed by atoms with Crippen LogP contribution in [-0.4, -0.2) is 9.97 Å². The first-order valence-electron chi connectivity index (χ1n) is 5.52. The van der Waals surface area contributed by atoms with Crippen molar-refractivity contribution in [1.29, 1.82) is 0 Å². The second kappa shape index (κ2) is 5.86. The predicted molar refractivity (Wildman–Crippen MR) is 70.3 cm³/mol. The van der Waals surface area contributed by atoms with E-state index in [2.05, 4.69) is 31.3 Å². The van der Waals surface area contributed by atoms with Crippen LogP contribution in [0.1, 0.15) is 22.9 Å². The highest BCUT2D eigenvalue weighted by molar-refractivity contribution is 9.10. The van der Waals surface area contributed by atoms with E-state index in [9.17, 15) is 13.2 Å². The normalized spacial score (nSPS) is 13.2. The molecular formula is C12H10BrF3N4. The van der Waals surface area contributed by atoms with Crippen molar-refractivity contribution in [1.82, 2.24) is 15.4 Å². The Morgan fingerprint density at radius 3 is 2.60 bits per heavy atom. The summed E-state index contributed by atoms with van der Waals surface area (Å²) in [4.78, 5) is 7.81. The molecule has 0 radical (unpaired) electrons. The molecule has 106 valence electrons. The lowest BCUT2D eigenvalue weighted by atomic mass is 10.00. The van der Waals surface area contributed by atoms with Crippen LogP contribution in [0.5, 0.6) is 0 Å². The Hall–Kier alpha value is -1.51. The number of aromatic nitrogens is 2. The summed E-state index contributed by atoms with van der Waals surface area (Å²) < 4.78 is 39.7. The average Bonchev–Trinajstić information content (AvgIpc) is 2.41. The largest absolute Gasteiger partial charge is 0.416 e. The molecule has 4 nitrogen and oxygen atoms in total. The highest BCUT2D eigenvalue weighted by Crippen LogP contribution is 2.36. The minimum absolute atomic E-state index is 0.0816. The molecule has 2 heterocycles. The molecule has 0 spiro atoms. The third-order valence-electron chi connectivity index (χ3n) is 2.70. The molecule has 2 rings (SSSR count). The minimum atomic E-state index is -4.49. The van der Waals surface area contributed by atoms with E-state index in [0.29, 0.717) is 10.2 Å². The summed E-state index contributed by atoms with van der Waals surface area (Å²) in [7, 11) is 0. The molecule has 0 saturated carbocycles. The van der Waals surface area contributed by atoms with Crippen molar-refractivity contribution in [3.05, 3.63) is 58.1 Å². The van der Waals surface area contributed by atoms with Crippen LogP contribution in [0.4, 0.5) is 13.2 Å². The summed E-state index contributed by atoms with van der Waals surface area (Å²) in [5.41, 5.74) is 1.83. The minimum Gasteiger partial charge on any atom is -0.271 e. The molecular weight excluding hydrogens is 337 g/mol. The fourth-order valence-corrected chi connectivity index (χ4v) is 2.31. The van der Waals surface area contributed by atoms with Gasteiger partial charge in [-0.25, -0.2) is 5.43 Å². The Morgan fingerprint density at radius 1 is 1.25 bits per heavy atom. The van der Waals surface area contributed by atoms with Crippen molar-refractivity contribution < 1.29 is 13.2 Å². The van der Waals surface area contributed by atoms with Gasteiger partial charge < -0.3 is 0 Å².